The second kappa shape index (κ2) is 8.80. The first-order valence-electron chi connectivity index (χ1n) is 10.0. The van der Waals surface area contributed by atoms with Crippen LogP contribution in [0.25, 0.3) is 32.8 Å². The number of aromatic nitrogens is 2. The highest BCUT2D eigenvalue weighted by molar-refractivity contribution is 6.13. The van der Waals surface area contributed by atoms with Crippen LogP contribution in [0.15, 0.2) is 48.5 Å². The van der Waals surface area contributed by atoms with Gasteiger partial charge in [-0.05, 0) is 44.3 Å². The lowest BCUT2D eigenvalue weighted by Crippen LogP contribution is -3.00. The Kier molecular flexibility index (Phi) is 6.42. The number of aromatic amines is 1. The van der Waals surface area contributed by atoms with Crippen LogP contribution in [0, 0.1) is 0 Å². The van der Waals surface area contributed by atoms with Crippen molar-refractivity contribution in [1.29, 1.82) is 0 Å². The molecular formula is C23H29ClN4. The van der Waals surface area contributed by atoms with Gasteiger partial charge in [0.2, 0.25) is 11.0 Å². The van der Waals surface area contributed by atoms with Crippen molar-refractivity contribution >= 4 is 38.5 Å². The van der Waals surface area contributed by atoms with Crippen molar-refractivity contribution in [3.8, 4) is 0 Å². The highest BCUT2D eigenvalue weighted by atomic mass is 35.5. The Labute approximate surface area is 172 Å². The summed E-state index contributed by atoms with van der Waals surface area (Å²) >= 11 is 0. The molecule has 2 N–H and O–H groups in total. The Hall–Kier alpha value is -2.30. The first-order valence-corrected chi connectivity index (χ1v) is 10.0. The van der Waals surface area contributed by atoms with Crippen LogP contribution in [0.1, 0.15) is 20.3 Å². The number of pyridine rings is 1. The van der Waals surface area contributed by atoms with Gasteiger partial charge in [-0.2, -0.15) is 4.57 Å². The molecule has 4 rings (SSSR count). The normalized spacial score (nSPS) is 11.4. The number of hydrogen-bond acceptors (Lipinski definition) is 2. The van der Waals surface area contributed by atoms with Gasteiger partial charge in [-0.25, -0.2) is 0 Å². The number of aryl methyl sites for hydroxylation is 1. The number of rotatable bonds is 7. The molecule has 0 unspecified atom stereocenters. The van der Waals surface area contributed by atoms with Crippen molar-refractivity contribution in [1.82, 2.24) is 9.88 Å². The van der Waals surface area contributed by atoms with E-state index < -0.39 is 0 Å². The highest BCUT2D eigenvalue weighted by Gasteiger charge is 2.21. The minimum Gasteiger partial charge on any atom is -1.00 e. The molecule has 0 fully saturated rings. The van der Waals surface area contributed by atoms with E-state index in [9.17, 15) is 0 Å². The van der Waals surface area contributed by atoms with Gasteiger partial charge in [0.05, 0.1) is 22.0 Å². The Morgan fingerprint density at radius 2 is 1.64 bits per heavy atom. The van der Waals surface area contributed by atoms with E-state index in [1.54, 1.807) is 0 Å². The minimum absolute atomic E-state index is 0. The van der Waals surface area contributed by atoms with Crippen molar-refractivity contribution in [2.75, 3.05) is 31.5 Å². The molecule has 0 aliphatic heterocycles. The number of nitrogens with one attached hydrogen (secondary N) is 2. The lowest BCUT2D eigenvalue weighted by atomic mass is 10.1. The van der Waals surface area contributed by atoms with Gasteiger partial charge in [0.1, 0.15) is 12.6 Å². The van der Waals surface area contributed by atoms with Gasteiger partial charge in [0, 0.05) is 12.6 Å². The van der Waals surface area contributed by atoms with Crippen LogP contribution < -0.4 is 22.3 Å². The topological polar surface area (TPSA) is 34.9 Å². The average Bonchev–Trinajstić information content (AvgIpc) is 3.10. The number of fused-ring (bicyclic) bond motifs is 4. The molecular weight excluding hydrogens is 368 g/mol. The molecule has 2 aromatic carbocycles. The van der Waals surface area contributed by atoms with E-state index in [0.29, 0.717) is 0 Å². The smallest absolute Gasteiger partial charge is 0.240 e. The quantitative estimate of drug-likeness (QED) is 0.366. The summed E-state index contributed by atoms with van der Waals surface area (Å²) in [6.45, 7) is 8.80. The molecule has 0 aliphatic carbocycles. The van der Waals surface area contributed by atoms with E-state index in [1.165, 1.54) is 38.5 Å². The monoisotopic (exact) mass is 396 g/mol. The highest BCUT2D eigenvalue weighted by Crippen LogP contribution is 2.33. The molecule has 0 saturated carbocycles. The molecule has 2 heterocycles. The number of nitrogens with zero attached hydrogens (tertiary/aromatic N) is 2. The van der Waals surface area contributed by atoms with Crippen molar-refractivity contribution in [3.63, 3.8) is 0 Å². The van der Waals surface area contributed by atoms with Crippen molar-refractivity contribution < 1.29 is 17.0 Å². The van der Waals surface area contributed by atoms with E-state index in [4.69, 9.17) is 0 Å². The molecule has 5 heteroatoms. The minimum atomic E-state index is 0. The van der Waals surface area contributed by atoms with Gasteiger partial charge in [0.25, 0.3) is 0 Å². The van der Waals surface area contributed by atoms with Crippen molar-refractivity contribution in [3.05, 3.63) is 48.5 Å². The summed E-state index contributed by atoms with van der Waals surface area (Å²) in [5.41, 5.74) is 6.11. The Balaban J connectivity index is 0.00000225. The molecule has 0 saturated heterocycles. The van der Waals surface area contributed by atoms with E-state index in [-0.39, 0.29) is 12.4 Å². The maximum absolute atomic E-state index is 3.75. The molecule has 0 bridgehead atoms. The summed E-state index contributed by atoms with van der Waals surface area (Å²) in [6.07, 6.45) is 1.14. The van der Waals surface area contributed by atoms with Gasteiger partial charge in [0.15, 0.2) is 0 Å². The fourth-order valence-corrected chi connectivity index (χ4v) is 4.13. The fourth-order valence-electron chi connectivity index (χ4n) is 4.13. The first-order chi connectivity index (χ1) is 13.2. The molecule has 0 atom stereocenters. The maximum Gasteiger partial charge on any atom is 0.240 e. The number of halogens is 1. The number of H-pyrrole nitrogens is 1. The predicted octanol–water partition coefficient (Wildman–Crippen LogP) is 1.45. The van der Waals surface area contributed by atoms with E-state index in [2.05, 4.69) is 89.2 Å². The largest absolute Gasteiger partial charge is 1.00 e. The van der Waals surface area contributed by atoms with Crippen LogP contribution in [-0.4, -0.2) is 36.1 Å². The molecule has 0 spiro atoms. The average molecular weight is 397 g/mol. The van der Waals surface area contributed by atoms with Gasteiger partial charge in [-0.1, -0.05) is 38.1 Å². The second-order valence-electron chi connectivity index (χ2n) is 7.15. The van der Waals surface area contributed by atoms with E-state index in [1.807, 2.05) is 0 Å². The number of hydrogen-bond donors (Lipinski definition) is 2. The zero-order valence-electron chi connectivity index (χ0n) is 16.9. The summed E-state index contributed by atoms with van der Waals surface area (Å²) < 4.78 is 2.31. The van der Waals surface area contributed by atoms with Gasteiger partial charge in [-0.3, -0.25) is 0 Å². The SMILES string of the molecule is CCN(CC)CCCNc1c2ccccc2[n+](C)c2c1[nH]c1ccccc12.[Cl-]. The van der Waals surface area contributed by atoms with Gasteiger partial charge in [-0.15, -0.1) is 0 Å². The lowest BCUT2D eigenvalue weighted by Gasteiger charge is -2.18. The van der Waals surface area contributed by atoms with Crippen LogP contribution in [0.2, 0.25) is 0 Å². The zero-order valence-corrected chi connectivity index (χ0v) is 17.7. The molecule has 4 aromatic rings. The third-order valence-corrected chi connectivity index (χ3v) is 5.65. The van der Waals surface area contributed by atoms with Gasteiger partial charge >= 0.3 is 0 Å². The molecule has 4 nitrogen and oxygen atoms in total. The molecule has 148 valence electrons. The van der Waals surface area contributed by atoms with Gasteiger partial charge < -0.3 is 27.6 Å². The molecule has 0 amide bonds. The third kappa shape index (κ3) is 3.54. The van der Waals surface area contributed by atoms with E-state index in [0.717, 1.165) is 32.6 Å². The summed E-state index contributed by atoms with van der Waals surface area (Å²) in [6, 6.07) is 17.2. The number of para-hydroxylation sites is 2. The summed E-state index contributed by atoms with van der Waals surface area (Å²) in [7, 11) is 2.16. The predicted molar refractivity (Wildman–Crippen MR) is 115 cm³/mol. The molecule has 28 heavy (non-hydrogen) atoms. The summed E-state index contributed by atoms with van der Waals surface area (Å²) in [5.74, 6) is 0. The lowest BCUT2D eigenvalue weighted by molar-refractivity contribution is -0.616. The first kappa shape index (κ1) is 20.4. The van der Waals surface area contributed by atoms with Crippen LogP contribution in [0.3, 0.4) is 0 Å². The van der Waals surface area contributed by atoms with Crippen LogP contribution in [-0.2, 0) is 7.05 Å². The molecule has 0 radical (unpaired) electrons. The Morgan fingerprint density at radius 3 is 2.39 bits per heavy atom. The number of benzene rings is 2. The Morgan fingerprint density at radius 1 is 0.964 bits per heavy atom. The zero-order chi connectivity index (χ0) is 18.8. The summed E-state index contributed by atoms with van der Waals surface area (Å²) in [4.78, 5) is 6.13. The van der Waals surface area contributed by atoms with E-state index >= 15 is 0 Å². The maximum atomic E-state index is 3.75. The van der Waals surface area contributed by atoms with Crippen LogP contribution in [0.5, 0.6) is 0 Å². The van der Waals surface area contributed by atoms with Crippen LogP contribution in [0.4, 0.5) is 5.69 Å². The van der Waals surface area contributed by atoms with Crippen molar-refractivity contribution in [2.45, 2.75) is 20.3 Å². The summed E-state index contributed by atoms with van der Waals surface area (Å²) in [5, 5.41) is 6.29. The molecule has 0 aliphatic rings. The second-order valence-corrected chi connectivity index (χ2v) is 7.15. The fraction of sp³-hybridized carbons (Fsp3) is 0.348. The van der Waals surface area contributed by atoms with Crippen LogP contribution >= 0.6 is 0 Å². The number of anilines is 1. The van der Waals surface area contributed by atoms with Crippen molar-refractivity contribution in [2.24, 2.45) is 7.05 Å². The standard InChI is InChI=1S/C23H28N4.ClH/c1-4-27(5-2)16-10-15-24-21-18-12-7-9-14-20(18)26(3)23-17-11-6-8-13-19(17)25-22(21)23;/h6-9,11-14H,4-5,10,15-16H2,1-3H3,(H,24,25);1H. The third-order valence-electron chi connectivity index (χ3n) is 5.65. The Bertz CT molecular complexity index is 1080. The molecule has 2 aromatic heterocycles.